The summed E-state index contributed by atoms with van der Waals surface area (Å²) in [5.41, 5.74) is 1.96. The van der Waals surface area contributed by atoms with Gasteiger partial charge in [0.2, 0.25) is 6.79 Å². The summed E-state index contributed by atoms with van der Waals surface area (Å²) < 4.78 is 16.0. The Morgan fingerprint density at radius 1 is 1.24 bits per heavy atom. The van der Waals surface area contributed by atoms with Gasteiger partial charge in [0.25, 0.3) is 5.91 Å². The molecule has 2 aromatic rings. The average molecular weight is 407 g/mol. The van der Waals surface area contributed by atoms with Crippen molar-refractivity contribution in [3.05, 3.63) is 39.3 Å². The fraction of sp³-hybridized carbons (Fsp3) is 0.286. The number of nitrogens with one attached hydrogen (secondary N) is 1. The predicted octanol–water partition coefficient (Wildman–Crippen LogP) is 3.78. The van der Waals surface area contributed by atoms with Crippen molar-refractivity contribution in [3.63, 3.8) is 0 Å². The van der Waals surface area contributed by atoms with Crippen LogP contribution in [0.1, 0.15) is 34.4 Å². The van der Waals surface area contributed by atoms with Gasteiger partial charge in [-0.25, -0.2) is 0 Å². The zero-order chi connectivity index (χ0) is 20.4. The number of nitriles is 2. The van der Waals surface area contributed by atoms with Gasteiger partial charge in [0.15, 0.2) is 11.5 Å². The lowest BCUT2D eigenvalue weighted by molar-refractivity contribution is -0.112. The number of amides is 1. The lowest BCUT2D eigenvalue weighted by Gasteiger charge is -2.09. The van der Waals surface area contributed by atoms with Crippen LogP contribution in [-0.2, 0) is 17.6 Å². The van der Waals surface area contributed by atoms with Gasteiger partial charge in [-0.15, -0.1) is 11.3 Å². The zero-order valence-electron chi connectivity index (χ0n) is 15.7. The van der Waals surface area contributed by atoms with Crippen molar-refractivity contribution >= 4 is 28.3 Å². The number of ether oxygens (including phenoxy) is 3. The van der Waals surface area contributed by atoms with E-state index in [1.807, 2.05) is 6.07 Å². The maximum atomic E-state index is 12.8. The number of hydrogen-bond acceptors (Lipinski definition) is 7. The number of aryl methyl sites for hydroxylation is 1. The SMILES string of the molecule is COc1cc2c(cc1/C=C(\C#N)C(=O)Nc1sc3c(c1C#N)CCCC3)OCO2. The van der Waals surface area contributed by atoms with Crippen molar-refractivity contribution in [2.75, 3.05) is 19.2 Å². The van der Waals surface area contributed by atoms with E-state index in [0.717, 1.165) is 36.1 Å². The molecular weight excluding hydrogens is 390 g/mol. The first kappa shape index (κ1) is 18.9. The molecule has 8 heteroatoms. The second kappa shape index (κ2) is 7.86. The molecule has 0 bridgehead atoms. The van der Waals surface area contributed by atoms with Crippen molar-refractivity contribution in [2.24, 2.45) is 0 Å². The molecule has 146 valence electrons. The van der Waals surface area contributed by atoms with E-state index in [1.54, 1.807) is 12.1 Å². The first-order valence-electron chi connectivity index (χ1n) is 9.10. The van der Waals surface area contributed by atoms with Gasteiger partial charge in [-0.1, -0.05) is 0 Å². The molecule has 1 aliphatic heterocycles. The molecular formula is C21H17N3O4S. The monoisotopic (exact) mass is 407 g/mol. The van der Waals surface area contributed by atoms with Crippen molar-refractivity contribution in [1.29, 1.82) is 10.5 Å². The molecule has 7 nitrogen and oxygen atoms in total. The molecule has 0 saturated heterocycles. The molecule has 0 fully saturated rings. The number of nitrogens with zero attached hydrogens (tertiary/aromatic N) is 2. The van der Waals surface area contributed by atoms with E-state index >= 15 is 0 Å². The van der Waals surface area contributed by atoms with Crippen molar-refractivity contribution in [2.45, 2.75) is 25.7 Å². The maximum absolute atomic E-state index is 12.8. The minimum atomic E-state index is -0.567. The highest BCUT2D eigenvalue weighted by atomic mass is 32.1. The minimum absolute atomic E-state index is 0.0996. The van der Waals surface area contributed by atoms with Gasteiger partial charge >= 0.3 is 0 Å². The van der Waals surface area contributed by atoms with Gasteiger partial charge in [0.05, 0.1) is 12.7 Å². The Hall–Kier alpha value is -3.49. The summed E-state index contributed by atoms with van der Waals surface area (Å²) in [5.74, 6) is 0.957. The van der Waals surface area contributed by atoms with Crippen LogP contribution < -0.4 is 19.5 Å². The van der Waals surface area contributed by atoms with Crippen LogP contribution in [0.2, 0.25) is 0 Å². The summed E-state index contributed by atoms with van der Waals surface area (Å²) in [6, 6.07) is 7.46. The standard InChI is InChI=1S/C21H17N3O4S/c1-26-16-8-18-17(27-11-28-18)7-12(16)6-13(9-22)20(25)24-21-15(10-23)14-4-2-3-5-19(14)29-21/h6-8H,2-5,11H2,1H3,(H,24,25)/b13-6+. The Kier molecular flexibility index (Phi) is 5.11. The molecule has 29 heavy (non-hydrogen) atoms. The number of thiophene rings is 1. The third-order valence-corrected chi connectivity index (χ3v) is 6.11. The normalized spacial score (nSPS) is 14.5. The first-order valence-corrected chi connectivity index (χ1v) is 9.91. The van der Waals surface area contributed by atoms with Gasteiger partial charge < -0.3 is 19.5 Å². The van der Waals surface area contributed by atoms with Crippen molar-refractivity contribution in [3.8, 4) is 29.4 Å². The van der Waals surface area contributed by atoms with E-state index in [0.29, 0.717) is 33.4 Å². The minimum Gasteiger partial charge on any atom is -0.496 e. The number of hydrogen-bond donors (Lipinski definition) is 1. The molecule has 1 aromatic carbocycles. The zero-order valence-corrected chi connectivity index (χ0v) is 16.5. The van der Waals surface area contributed by atoms with Crippen LogP contribution in [0.15, 0.2) is 17.7 Å². The lowest BCUT2D eigenvalue weighted by atomic mass is 9.96. The van der Waals surface area contributed by atoms with Gasteiger partial charge in [-0.3, -0.25) is 4.79 Å². The molecule has 0 unspecified atom stereocenters. The van der Waals surface area contributed by atoms with Crippen LogP contribution in [0.3, 0.4) is 0 Å². The smallest absolute Gasteiger partial charge is 0.266 e. The van der Waals surface area contributed by atoms with E-state index in [1.165, 1.54) is 24.5 Å². The van der Waals surface area contributed by atoms with Crippen molar-refractivity contribution < 1.29 is 19.0 Å². The first-order chi connectivity index (χ1) is 14.1. The van der Waals surface area contributed by atoms with Crippen molar-refractivity contribution in [1.82, 2.24) is 0 Å². The Morgan fingerprint density at radius 2 is 2.00 bits per heavy atom. The lowest BCUT2D eigenvalue weighted by Crippen LogP contribution is -2.13. The number of carbonyl (C=O) groups is 1. The molecule has 0 radical (unpaired) electrons. The third kappa shape index (κ3) is 3.51. The highest BCUT2D eigenvalue weighted by Crippen LogP contribution is 2.40. The number of anilines is 1. The largest absolute Gasteiger partial charge is 0.496 e. The fourth-order valence-corrected chi connectivity index (χ4v) is 4.71. The second-order valence-corrected chi connectivity index (χ2v) is 7.70. The predicted molar refractivity (Wildman–Crippen MR) is 107 cm³/mol. The Labute approximate surface area is 171 Å². The summed E-state index contributed by atoms with van der Waals surface area (Å²) in [7, 11) is 1.50. The Bertz CT molecular complexity index is 1100. The average Bonchev–Trinajstić information content (AvgIpc) is 3.33. The molecule has 1 aliphatic carbocycles. The van der Waals surface area contributed by atoms with E-state index in [2.05, 4.69) is 11.4 Å². The highest BCUT2D eigenvalue weighted by molar-refractivity contribution is 7.16. The number of fused-ring (bicyclic) bond motifs is 2. The molecule has 1 aromatic heterocycles. The molecule has 4 rings (SSSR count). The van der Waals surface area contributed by atoms with E-state index in [9.17, 15) is 15.3 Å². The summed E-state index contributed by atoms with van der Waals surface area (Å²) in [6.45, 7) is 0.108. The number of rotatable bonds is 4. The summed E-state index contributed by atoms with van der Waals surface area (Å²) in [4.78, 5) is 13.9. The second-order valence-electron chi connectivity index (χ2n) is 6.60. The van der Waals surface area contributed by atoms with Gasteiger partial charge in [0.1, 0.15) is 28.5 Å². The number of benzene rings is 1. The fourth-order valence-electron chi connectivity index (χ4n) is 3.48. The molecule has 1 amide bonds. The number of carbonyl (C=O) groups excluding carboxylic acids is 1. The molecule has 0 spiro atoms. The van der Waals surface area contributed by atoms with E-state index in [-0.39, 0.29) is 12.4 Å². The van der Waals surface area contributed by atoms with E-state index in [4.69, 9.17) is 14.2 Å². The summed E-state index contributed by atoms with van der Waals surface area (Å²) >= 11 is 1.42. The van der Waals surface area contributed by atoms with Crippen LogP contribution in [0.4, 0.5) is 5.00 Å². The molecule has 2 heterocycles. The summed E-state index contributed by atoms with van der Waals surface area (Å²) in [5, 5.41) is 22.3. The van der Waals surface area contributed by atoms with E-state index < -0.39 is 5.91 Å². The van der Waals surface area contributed by atoms with Gasteiger partial charge in [-0.2, -0.15) is 10.5 Å². The molecule has 0 atom stereocenters. The van der Waals surface area contributed by atoms with Gasteiger partial charge in [-0.05, 0) is 43.4 Å². The third-order valence-electron chi connectivity index (χ3n) is 4.90. The summed E-state index contributed by atoms with van der Waals surface area (Å²) in [6.07, 6.45) is 5.33. The molecule has 0 saturated carbocycles. The Balaban J connectivity index is 1.64. The van der Waals surface area contributed by atoms with Crippen LogP contribution in [0.5, 0.6) is 17.2 Å². The molecule has 2 aliphatic rings. The number of methoxy groups -OCH3 is 1. The topological polar surface area (TPSA) is 104 Å². The van der Waals surface area contributed by atoms with Crippen LogP contribution >= 0.6 is 11.3 Å². The Morgan fingerprint density at radius 3 is 2.72 bits per heavy atom. The van der Waals surface area contributed by atoms with Crippen LogP contribution in [0.25, 0.3) is 6.08 Å². The van der Waals surface area contributed by atoms with Crippen LogP contribution in [0, 0.1) is 22.7 Å². The molecule has 1 N–H and O–H groups in total. The maximum Gasteiger partial charge on any atom is 0.266 e. The van der Waals surface area contributed by atoms with Crippen LogP contribution in [-0.4, -0.2) is 19.8 Å². The quantitative estimate of drug-likeness (QED) is 0.611. The highest BCUT2D eigenvalue weighted by Gasteiger charge is 2.23. The van der Waals surface area contributed by atoms with Gasteiger partial charge in [0, 0.05) is 16.5 Å².